The number of H-pyrrole nitrogens is 1. The van der Waals surface area contributed by atoms with Crippen LogP contribution in [0.5, 0.6) is 0 Å². The molecule has 0 amide bonds. The molecule has 0 aliphatic heterocycles. The highest BCUT2D eigenvalue weighted by Crippen LogP contribution is 2.19. The minimum atomic E-state index is 0.241. The van der Waals surface area contributed by atoms with E-state index in [-0.39, 0.29) is 5.95 Å². The Bertz CT molecular complexity index is 446. The van der Waals surface area contributed by atoms with Gasteiger partial charge in [0, 0.05) is 6.04 Å². The third-order valence-electron chi connectivity index (χ3n) is 1.75. The molecule has 0 radical (unpaired) electrons. The van der Waals surface area contributed by atoms with Crippen LogP contribution in [0.3, 0.4) is 0 Å². The molecule has 0 aliphatic rings. The Morgan fingerprint density at radius 1 is 1.43 bits per heavy atom. The third-order valence-corrected chi connectivity index (χ3v) is 1.75. The van der Waals surface area contributed by atoms with E-state index in [1.165, 1.54) is 0 Å². The van der Waals surface area contributed by atoms with Gasteiger partial charge in [-0.25, -0.2) is 0 Å². The van der Waals surface area contributed by atoms with Crippen molar-refractivity contribution in [3.05, 3.63) is 6.20 Å². The Hall–Kier alpha value is -1.85. The van der Waals surface area contributed by atoms with Gasteiger partial charge in [-0.05, 0) is 13.8 Å². The second-order valence-electron chi connectivity index (χ2n) is 3.36. The average Bonchev–Trinajstić information content (AvgIpc) is 2.50. The van der Waals surface area contributed by atoms with Gasteiger partial charge in [0.05, 0.1) is 11.6 Å². The molecule has 0 unspecified atom stereocenters. The van der Waals surface area contributed by atoms with Gasteiger partial charge < -0.3 is 11.1 Å². The molecular formula is C8H12N6. The van der Waals surface area contributed by atoms with Crippen LogP contribution in [0.25, 0.3) is 11.0 Å². The normalized spacial score (nSPS) is 11.1. The molecule has 0 saturated carbocycles. The molecule has 0 spiro atoms. The zero-order valence-corrected chi connectivity index (χ0v) is 8.07. The average molecular weight is 192 g/mol. The molecule has 0 bridgehead atoms. The summed E-state index contributed by atoms with van der Waals surface area (Å²) in [5, 5.41) is 10.7. The molecule has 2 aromatic rings. The number of fused-ring (bicyclic) bond motifs is 1. The van der Waals surface area contributed by atoms with Crippen molar-refractivity contribution in [1.82, 2.24) is 20.2 Å². The summed E-state index contributed by atoms with van der Waals surface area (Å²) in [5.74, 6) is 0.959. The molecule has 14 heavy (non-hydrogen) atoms. The van der Waals surface area contributed by atoms with Gasteiger partial charge in [-0.15, -0.1) is 0 Å². The fourth-order valence-electron chi connectivity index (χ4n) is 1.24. The number of anilines is 2. The van der Waals surface area contributed by atoms with Crippen molar-refractivity contribution >= 4 is 22.8 Å². The molecule has 0 atom stereocenters. The van der Waals surface area contributed by atoms with Gasteiger partial charge in [-0.2, -0.15) is 15.1 Å². The minimum Gasteiger partial charge on any atom is -0.368 e. The Morgan fingerprint density at radius 3 is 2.93 bits per heavy atom. The second-order valence-corrected chi connectivity index (χ2v) is 3.36. The van der Waals surface area contributed by atoms with E-state index in [0.717, 1.165) is 11.2 Å². The predicted molar refractivity (Wildman–Crippen MR) is 54.9 cm³/mol. The van der Waals surface area contributed by atoms with Crippen LogP contribution in [0.4, 0.5) is 11.8 Å². The van der Waals surface area contributed by atoms with Gasteiger partial charge in [0.15, 0.2) is 5.65 Å². The van der Waals surface area contributed by atoms with Crippen LogP contribution in [-0.4, -0.2) is 26.2 Å². The van der Waals surface area contributed by atoms with E-state index in [1.54, 1.807) is 6.20 Å². The van der Waals surface area contributed by atoms with Crippen LogP contribution < -0.4 is 11.1 Å². The molecule has 2 heterocycles. The van der Waals surface area contributed by atoms with Crippen LogP contribution in [0, 0.1) is 0 Å². The summed E-state index contributed by atoms with van der Waals surface area (Å²) in [6, 6.07) is 0.294. The van der Waals surface area contributed by atoms with Crippen molar-refractivity contribution < 1.29 is 0 Å². The lowest BCUT2D eigenvalue weighted by atomic mass is 10.3. The van der Waals surface area contributed by atoms with E-state index in [4.69, 9.17) is 5.73 Å². The lowest BCUT2D eigenvalue weighted by Gasteiger charge is -2.09. The van der Waals surface area contributed by atoms with Gasteiger partial charge in [0.25, 0.3) is 0 Å². The highest BCUT2D eigenvalue weighted by molar-refractivity contribution is 5.86. The van der Waals surface area contributed by atoms with Crippen molar-refractivity contribution in [2.75, 3.05) is 11.1 Å². The van der Waals surface area contributed by atoms with Crippen LogP contribution in [0.1, 0.15) is 13.8 Å². The number of nitrogen functional groups attached to an aromatic ring is 1. The number of nitrogens with zero attached hydrogens (tertiary/aromatic N) is 3. The highest BCUT2D eigenvalue weighted by atomic mass is 15.2. The molecule has 6 heteroatoms. The molecule has 4 N–H and O–H groups in total. The first kappa shape index (κ1) is 8.74. The molecule has 2 rings (SSSR count). The first-order valence-electron chi connectivity index (χ1n) is 4.40. The summed E-state index contributed by atoms with van der Waals surface area (Å²) < 4.78 is 0. The largest absolute Gasteiger partial charge is 0.368 e. The summed E-state index contributed by atoms with van der Waals surface area (Å²) in [7, 11) is 0. The zero-order chi connectivity index (χ0) is 10.1. The van der Waals surface area contributed by atoms with E-state index < -0.39 is 0 Å². The minimum absolute atomic E-state index is 0.241. The molecule has 0 aliphatic carbocycles. The summed E-state index contributed by atoms with van der Waals surface area (Å²) >= 11 is 0. The van der Waals surface area contributed by atoms with E-state index in [1.807, 2.05) is 13.8 Å². The van der Waals surface area contributed by atoms with E-state index >= 15 is 0 Å². The summed E-state index contributed by atoms with van der Waals surface area (Å²) in [6.07, 6.45) is 1.68. The fraction of sp³-hybridized carbons (Fsp3) is 0.375. The maximum atomic E-state index is 5.55. The fourth-order valence-corrected chi connectivity index (χ4v) is 1.24. The molecule has 0 aromatic carbocycles. The number of aromatic amines is 1. The highest BCUT2D eigenvalue weighted by Gasteiger charge is 2.07. The Labute approximate surface area is 80.9 Å². The number of rotatable bonds is 2. The molecule has 0 fully saturated rings. The van der Waals surface area contributed by atoms with Crippen LogP contribution in [0.2, 0.25) is 0 Å². The number of hydrogen-bond donors (Lipinski definition) is 3. The molecular weight excluding hydrogens is 180 g/mol. The van der Waals surface area contributed by atoms with Gasteiger partial charge >= 0.3 is 0 Å². The molecule has 6 nitrogen and oxygen atoms in total. The topological polar surface area (TPSA) is 92.5 Å². The molecule has 74 valence electrons. The summed E-state index contributed by atoms with van der Waals surface area (Å²) in [6.45, 7) is 4.06. The number of aromatic nitrogens is 4. The lowest BCUT2D eigenvalue weighted by Crippen LogP contribution is -2.12. The Morgan fingerprint density at radius 2 is 2.21 bits per heavy atom. The number of hydrogen-bond acceptors (Lipinski definition) is 5. The van der Waals surface area contributed by atoms with E-state index in [9.17, 15) is 0 Å². The maximum absolute atomic E-state index is 5.55. The molecule has 0 saturated heterocycles. The van der Waals surface area contributed by atoms with Crippen molar-refractivity contribution in [3.8, 4) is 0 Å². The van der Waals surface area contributed by atoms with Gasteiger partial charge in [-0.3, -0.25) is 5.10 Å². The quantitative estimate of drug-likeness (QED) is 0.653. The van der Waals surface area contributed by atoms with Gasteiger partial charge in [-0.1, -0.05) is 0 Å². The monoisotopic (exact) mass is 192 g/mol. The Balaban J connectivity index is 2.55. The van der Waals surface area contributed by atoms with E-state index in [2.05, 4.69) is 25.5 Å². The van der Waals surface area contributed by atoms with Crippen LogP contribution in [0.15, 0.2) is 6.20 Å². The van der Waals surface area contributed by atoms with Crippen LogP contribution >= 0.6 is 0 Å². The molecule has 2 aromatic heterocycles. The Kier molecular flexibility index (Phi) is 1.95. The predicted octanol–water partition coefficient (Wildman–Crippen LogP) is 0.755. The summed E-state index contributed by atoms with van der Waals surface area (Å²) in [5.41, 5.74) is 6.20. The van der Waals surface area contributed by atoms with E-state index in [0.29, 0.717) is 11.7 Å². The second kappa shape index (κ2) is 3.13. The van der Waals surface area contributed by atoms with Gasteiger partial charge in [0.1, 0.15) is 5.82 Å². The number of nitrogens with two attached hydrogens (primary N) is 1. The van der Waals surface area contributed by atoms with Crippen LogP contribution in [-0.2, 0) is 0 Å². The first-order chi connectivity index (χ1) is 6.66. The number of nitrogens with one attached hydrogen (secondary N) is 2. The van der Waals surface area contributed by atoms with Crippen molar-refractivity contribution in [1.29, 1.82) is 0 Å². The SMILES string of the molecule is CC(C)Nc1nc(N)nc2[nH]ncc12. The standard InChI is InChI=1S/C8H12N6/c1-4(2)11-6-5-3-10-14-7(5)13-8(9)12-6/h3-4H,1-2H3,(H4,9,10,11,12,13,14). The van der Waals surface area contributed by atoms with Crippen molar-refractivity contribution in [2.24, 2.45) is 0 Å². The summed E-state index contributed by atoms with van der Waals surface area (Å²) in [4.78, 5) is 8.12. The smallest absolute Gasteiger partial charge is 0.224 e. The third kappa shape index (κ3) is 1.46. The zero-order valence-electron chi connectivity index (χ0n) is 8.07. The lowest BCUT2D eigenvalue weighted by molar-refractivity contribution is 0.891. The van der Waals surface area contributed by atoms with Crippen molar-refractivity contribution in [3.63, 3.8) is 0 Å². The first-order valence-corrected chi connectivity index (χ1v) is 4.40. The van der Waals surface area contributed by atoms with Crippen molar-refractivity contribution in [2.45, 2.75) is 19.9 Å². The van der Waals surface area contributed by atoms with Gasteiger partial charge in [0.2, 0.25) is 5.95 Å². The maximum Gasteiger partial charge on any atom is 0.224 e.